The summed E-state index contributed by atoms with van der Waals surface area (Å²) < 4.78 is 5.39. The number of hydrogen-bond acceptors (Lipinski definition) is 4. The fourth-order valence-corrected chi connectivity index (χ4v) is 1.58. The molecule has 0 aliphatic rings. The third-order valence-electron chi connectivity index (χ3n) is 3.56. The number of carbonyl (C=O) groups excluding carboxylic acids is 1. The van der Waals surface area contributed by atoms with Crippen molar-refractivity contribution in [2.45, 2.75) is 53.2 Å². The molecule has 0 amide bonds. The van der Waals surface area contributed by atoms with Crippen molar-refractivity contribution in [3.8, 4) is 5.75 Å². The lowest BCUT2D eigenvalue weighted by molar-refractivity contribution is -0.144. The third-order valence-corrected chi connectivity index (χ3v) is 3.56. The van der Waals surface area contributed by atoms with E-state index in [0.29, 0.717) is 23.3 Å². The topological polar surface area (TPSA) is 66.8 Å². The van der Waals surface area contributed by atoms with Gasteiger partial charge in [0.25, 0.3) is 0 Å². The molecule has 0 heterocycles. The maximum Gasteiger partial charge on any atom is 0.316 e. The molecule has 0 bridgehead atoms. The van der Waals surface area contributed by atoms with Crippen molar-refractivity contribution in [2.24, 2.45) is 5.41 Å². The first-order valence-electron chi connectivity index (χ1n) is 6.90. The van der Waals surface area contributed by atoms with Gasteiger partial charge in [-0.1, -0.05) is 13.0 Å². The fraction of sp³-hybridized carbons (Fsp3) is 0.562. The fourth-order valence-electron chi connectivity index (χ4n) is 1.58. The van der Waals surface area contributed by atoms with E-state index in [1.54, 1.807) is 32.0 Å². The lowest BCUT2D eigenvalue weighted by Crippen LogP contribution is -2.28. The van der Waals surface area contributed by atoms with E-state index in [4.69, 9.17) is 4.74 Å². The molecule has 20 heavy (non-hydrogen) atoms. The minimum atomic E-state index is -0.690. The molecule has 0 spiro atoms. The van der Waals surface area contributed by atoms with E-state index in [1.165, 1.54) is 0 Å². The van der Waals surface area contributed by atoms with Gasteiger partial charge in [-0.05, 0) is 57.4 Å². The smallest absolute Gasteiger partial charge is 0.316 e. The van der Waals surface area contributed by atoms with Crippen LogP contribution in [0.25, 0.3) is 0 Å². The largest absolute Gasteiger partial charge is 0.426 e. The molecule has 2 N–H and O–H groups in total. The average molecular weight is 280 g/mol. The molecular formula is C16H24O4. The van der Waals surface area contributed by atoms with E-state index in [9.17, 15) is 15.0 Å². The van der Waals surface area contributed by atoms with Crippen molar-refractivity contribution in [3.63, 3.8) is 0 Å². The average Bonchev–Trinajstić information content (AvgIpc) is 2.38. The molecule has 1 aromatic rings. The van der Waals surface area contributed by atoms with E-state index < -0.39 is 17.6 Å². The molecule has 0 aliphatic carbocycles. The SMILES string of the molecule is CCC(C)(C)C(=O)Oc1cc(C(C)O)cc(C(C)O)c1. The zero-order valence-electron chi connectivity index (χ0n) is 12.8. The van der Waals surface area contributed by atoms with Crippen LogP contribution in [0.5, 0.6) is 5.75 Å². The Bertz CT molecular complexity index is 449. The van der Waals surface area contributed by atoms with Gasteiger partial charge in [-0.3, -0.25) is 4.79 Å². The van der Waals surface area contributed by atoms with Crippen LogP contribution in [-0.2, 0) is 4.79 Å². The van der Waals surface area contributed by atoms with Crippen molar-refractivity contribution in [1.82, 2.24) is 0 Å². The summed E-state index contributed by atoms with van der Waals surface area (Å²) in [6.45, 7) is 8.83. The molecule has 0 saturated heterocycles. The Balaban J connectivity index is 3.09. The Morgan fingerprint density at radius 1 is 1.15 bits per heavy atom. The third kappa shape index (κ3) is 4.05. The lowest BCUT2D eigenvalue weighted by atomic mass is 9.90. The van der Waals surface area contributed by atoms with E-state index in [2.05, 4.69) is 0 Å². The Kier molecular flexibility index (Phi) is 5.31. The number of benzene rings is 1. The molecule has 4 nitrogen and oxygen atoms in total. The number of esters is 1. The summed E-state index contributed by atoms with van der Waals surface area (Å²) in [5, 5.41) is 19.3. The van der Waals surface area contributed by atoms with Crippen LogP contribution in [0.1, 0.15) is 64.4 Å². The zero-order valence-corrected chi connectivity index (χ0v) is 12.8. The summed E-state index contributed by atoms with van der Waals surface area (Å²) in [5.74, 6) is 0.0325. The van der Waals surface area contributed by atoms with Crippen LogP contribution in [0.3, 0.4) is 0 Å². The van der Waals surface area contributed by atoms with Gasteiger partial charge < -0.3 is 14.9 Å². The minimum absolute atomic E-state index is 0.320. The first kappa shape index (κ1) is 16.7. The second-order valence-corrected chi connectivity index (χ2v) is 5.81. The second-order valence-electron chi connectivity index (χ2n) is 5.81. The van der Waals surface area contributed by atoms with E-state index in [0.717, 1.165) is 0 Å². The summed E-state index contributed by atoms with van der Waals surface area (Å²) in [6.07, 6.45) is -0.707. The van der Waals surface area contributed by atoms with Crippen LogP contribution < -0.4 is 4.74 Å². The highest BCUT2D eigenvalue weighted by Crippen LogP contribution is 2.28. The Morgan fingerprint density at radius 3 is 1.95 bits per heavy atom. The number of carbonyl (C=O) groups is 1. The van der Waals surface area contributed by atoms with Gasteiger partial charge in [-0.15, -0.1) is 0 Å². The van der Waals surface area contributed by atoms with Crippen molar-refractivity contribution in [1.29, 1.82) is 0 Å². The molecule has 2 atom stereocenters. The lowest BCUT2D eigenvalue weighted by Gasteiger charge is -2.21. The highest BCUT2D eigenvalue weighted by atomic mass is 16.5. The first-order chi connectivity index (χ1) is 9.17. The molecule has 1 aromatic carbocycles. The predicted octanol–water partition coefficient (Wildman–Crippen LogP) is 3.13. The van der Waals surface area contributed by atoms with Crippen LogP contribution in [0.2, 0.25) is 0 Å². The van der Waals surface area contributed by atoms with Crippen LogP contribution in [-0.4, -0.2) is 16.2 Å². The summed E-state index contributed by atoms with van der Waals surface area (Å²) >= 11 is 0. The maximum absolute atomic E-state index is 12.1. The molecule has 112 valence electrons. The van der Waals surface area contributed by atoms with Crippen molar-refractivity contribution in [2.75, 3.05) is 0 Å². The number of aliphatic hydroxyl groups excluding tert-OH is 2. The van der Waals surface area contributed by atoms with Crippen LogP contribution in [0.15, 0.2) is 18.2 Å². The molecule has 0 aromatic heterocycles. The molecule has 2 unspecified atom stereocenters. The first-order valence-corrected chi connectivity index (χ1v) is 6.90. The van der Waals surface area contributed by atoms with Crippen LogP contribution in [0, 0.1) is 5.41 Å². The van der Waals surface area contributed by atoms with Gasteiger partial charge in [0.2, 0.25) is 0 Å². The van der Waals surface area contributed by atoms with E-state index in [1.807, 2.05) is 20.8 Å². The zero-order chi connectivity index (χ0) is 15.5. The van der Waals surface area contributed by atoms with Crippen molar-refractivity contribution in [3.05, 3.63) is 29.3 Å². The van der Waals surface area contributed by atoms with Gasteiger partial charge in [-0.25, -0.2) is 0 Å². The minimum Gasteiger partial charge on any atom is -0.426 e. The quantitative estimate of drug-likeness (QED) is 0.642. The molecule has 4 heteroatoms. The van der Waals surface area contributed by atoms with Crippen molar-refractivity contribution < 1.29 is 19.7 Å². The normalized spacial score (nSPS) is 14.8. The van der Waals surface area contributed by atoms with Gasteiger partial charge in [0, 0.05) is 0 Å². The van der Waals surface area contributed by atoms with Gasteiger partial charge in [0.1, 0.15) is 5.75 Å². The maximum atomic E-state index is 12.1. The van der Waals surface area contributed by atoms with Gasteiger partial charge >= 0.3 is 5.97 Å². The second kappa shape index (κ2) is 6.37. The highest BCUT2D eigenvalue weighted by molar-refractivity contribution is 5.78. The Hall–Kier alpha value is -1.39. The molecule has 0 aliphatic heterocycles. The molecular weight excluding hydrogens is 256 g/mol. The number of hydrogen-bond donors (Lipinski definition) is 2. The summed E-state index contributed by atoms with van der Waals surface area (Å²) in [4.78, 5) is 12.1. The van der Waals surface area contributed by atoms with E-state index in [-0.39, 0.29) is 5.97 Å². The van der Waals surface area contributed by atoms with Gasteiger partial charge in [0.05, 0.1) is 17.6 Å². The summed E-state index contributed by atoms with van der Waals surface area (Å²) in [6, 6.07) is 4.96. The van der Waals surface area contributed by atoms with Crippen molar-refractivity contribution >= 4 is 5.97 Å². The highest BCUT2D eigenvalue weighted by Gasteiger charge is 2.28. The van der Waals surface area contributed by atoms with Crippen LogP contribution >= 0.6 is 0 Å². The Morgan fingerprint density at radius 2 is 1.60 bits per heavy atom. The van der Waals surface area contributed by atoms with Gasteiger partial charge in [0.15, 0.2) is 0 Å². The summed E-state index contributed by atoms with van der Waals surface area (Å²) in [5.41, 5.74) is 0.659. The molecule has 0 saturated carbocycles. The standard InChI is InChI=1S/C16H24O4/c1-6-16(4,5)15(19)20-14-8-12(10(2)17)7-13(9-14)11(3)18/h7-11,17-18H,6H2,1-5H3. The van der Waals surface area contributed by atoms with Crippen LogP contribution in [0.4, 0.5) is 0 Å². The van der Waals surface area contributed by atoms with Gasteiger partial charge in [-0.2, -0.15) is 0 Å². The monoisotopic (exact) mass is 280 g/mol. The number of ether oxygens (including phenoxy) is 1. The number of rotatable bonds is 5. The summed E-state index contributed by atoms with van der Waals surface area (Å²) in [7, 11) is 0. The molecule has 1 rings (SSSR count). The number of aliphatic hydroxyl groups is 2. The Labute approximate surface area is 120 Å². The molecule has 0 fully saturated rings. The predicted molar refractivity (Wildman–Crippen MR) is 77.4 cm³/mol. The molecule has 0 radical (unpaired) electrons. The van der Waals surface area contributed by atoms with E-state index >= 15 is 0 Å².